The Kier molecular flexibility index (Phi) is 5.02. The molecular formula is C15H24N2O. The van der Waals surface area contributed by atoms with Crippen LogP contribution in [-0.4, -0.2) is 31.1 Å². The van der Waals surface area contributed by atoms with Crippen LogP contribution < -0.4 is 10.5 Å². The largest absolute Gasteiger partial charge is 0.493 e. The average Bonchev–Trinajstić information content (AvgIpc) is 2.88. The number of rotatable bonds is 6. The molecule has 2 N–H and O–H groups in total. The van der Waals surface area contributed by atoms with Crippen molar-refractivity contribution in [1.82, 2.24) is 4.90 Å². The van der Waals surface area contributed by atoms with Gasteiger partial charge in [-0.15, -0.1) is 0 Å². The molecule has 3 nitrogen and oxygen atoms in total. The third-order valence-electron chi connectivity index (χ3n) is 3.48. The summed E-state index contributed by atoms with van der Waals surface area (Å²) in [6.07, 6.45) is 3.80. The highest BCUT2D eigenvalue weighted by atomic mass is 16.5. The van der Waals surface area contributed by atoms with Crippen LogP contribution in [0.25, 0.3) is 0 Å². The van der Waals surface area contributed by atoms with Crippen molar-refractivity contribution < 1.29 is 4.74 Å². The van der Waals surface area contributed by atoms with E-state index < -0.39 is 0 Å². The molecule has 1 unspecified atom stereocenters. The van der Waals surface area contributed by atoms with E-state index in [1.165, 1.54) is 25.9 Å². The van der Waals surface area contributed by atoms with Crippen LogP contribution in [0.2, 0.25) is 0 Å². The smallest absolute Gasteiger partial charge is 0.124 e. The molecule has 1 aromatic rings. The molecule has 1 atom stereocenters. The number of ether oxygens (including phenoxy) is 1. The molecule has 1 saturated heterocycles. The lowest BCUT2D eigenvalue weighted by atomic mass is 10.1. The lowest BCUT2D eigenvalue weighted by molar-refractivity contribution is 0.261. The summed E-state index contributed by atoms with van der Waals surface area (Å²) in [6.45, 7) is 6.44. The van der Waals surface area contributed by atoms with E-state index >= 15 is 0 Å². The molecule has 1 fully saturated rings. The van der Waals surface area contributed by atoms with Gasteiger partial charge >= 0.3 is 0 Å². The molecule has 3 heteroatoms. The highest BCUT2D eigenvalue weighted by Crippen LogP contribution is 2.23. The molecule has 1 aromatic carbocycles. The number of hydrogen-bond donors (Lipinski definition) is 1. The molecular weight excluding hydrogens is 224 g/mol. The predicted octanol–water partition coefficient (Wildman–Crippen LogP) is 2.57. The van der Waals surface area contributed by atoms with Gasteiger partial charge in [-0.3, -0.25) is 0 Å². The van der Waals surface area contributed by atoms with Gasteiger partial charge < -0.3 is 15.4 Å². The molecule has 0 saturated carbocycles. The minimum absolute atomic E-state index is 0.0276. The van der Waals surface area contributed by atoms with Gasteiger partial charge in [0.25, 0.3) is 0 Å². The summed E-state index contributed by atoms with van der Waals surface area (Å²) in [5, 5.41) is 0. The Labute approximate surface area is 110 Å². The van der Waals surface area contributed by atoms with Crippen LogP contribution >= 0.6 is 0 Å². The molecule has 0 spiro atoms. The Bertz CT molecular complexity index is 359. The van der Waals surface area contributed by atoms with E-state index in [1.807, 2.05) is 31.2 Å². The SMILES string of the molecule is CC(N)c1ccccc1OCCCN1CCCC1. The molecule has 1 aliphatic heterocycles. The van der Waals surface area contributed by atoms with Crippen molar-refractivity contribution in [2.24, 2.45) is 5.73 Å². The molecule has 0 amide bonds. The van der Waals surface area contributed by atoms with Gasteiger partial charge in [0.15, 0.2) is 0 Å². The molecule has 0 aliphatic carbocycles. The van der Waals surface area contributed by atoms with Gasteiger partial charge in [0, 0.05) is 18.2 Å². The topological polar surface area (TPSA) is 38.5 Å². The fourth-order valence-electron chi connectivity index (χ4n) is 2.46. The second-order valence-electron chi connectivity index (χ2n) is 5.08. The van der Waals surface area contributed by atoms with Crippen molar-refractivity contribution in [3.63, 3.8) is 0 Å². The van der Waals surface area contributed by atoms with Gasteiger partial charge in [-0.2, -0.15) is 0 Å². The Balaban J connectivity index is 1.75. The lowest BCUT2D eigenvalue weighted by Crippen LogP contribution is -2.22. The van der Waals surface area contributed by atoms with Gasteiger partial charge in [-0.25, -0.2) is 0 Å². The summed E-state index contributed by atoms with van der Waals surface area (Å²) in [6, 6.07) is 8.09. The van der Waals surface area contributed by atoms with Crippen LogP contribution in [0.4, 0.5) is 0 Å². The highest BCUT2D eigenvalue weighted by molar-refractivity contribution is 5.35. The molecule has 1 aliphatic rings. The number of hydrogen-bond acceptors (Lipinski definition) is 3. The first-order valence-electron chi connectivity index (χ1n) is 6.97. The van der Waals surface area contributed by atoms with Crippen LogP contribution in [0.3, 0.4) is 0 Å². The lowest BCUT2D eigenvalue weighted by Gasteiger charge is -2.16. The van der Waals surface area contributed by atoms with Crippen LogP contribution in [-0.2, 0) is 0 Å². The van der Waals surface area contributed by atoms with Crippen LogP contribution in [0.5, 0.6) is 5.75 Å². The van der Waals surface area contributed by atoms with Gasteiger partial charge in [-0.1, -0.05) is 18.2 Å². The van der Waals surface area contributed by atoms with E-state index in [0.717, 1.165) is 30.9 Å². The zero-order valence-electron chi connectivity index (χ0n) is 11.3. The van der Waals surface area contributed by atoms with Crippen LogP contribution in [0.15, 0.2) is 24.3 Å². The second-order valence-corrected chi connectivity index (χ2v) is 5.08. The van der Waals surface area contributed by atoms with Gasteiger partial charge in [0.05, 0.1) is 6.61 Å². The first-order chi connectivity index (χ1) is 8.77. The molecule has 0 radical (unpaired) electrons. The Morgan fingerprint density at radius 3 is 2.72 bits per heavy atom. The minimum Gasteiger partial charge on any atom is -0.493 e. The fraction of sp³-hybridized carbons (Fsp3) is 0.600. The van der Waals surface area contributed by atoms with Crippen molar-refractivity contribution >= 4 is 0 Å². The van der Waals surface area contributed by atoms with Crippen molar-refractivity contribution in [2.75, 3.05) is 26.2 Å². The van der Waals surface area contributed by atoms with E-state index in [4.69, 9.17) is 10.5 Å². The van der Waals surface area contributed by atoms with Crippen molar-refractivity contribution in [1.29, 1.82) is 0 Å². The molecule has 2 rings (SSSR count). The molecule has 18 heavy (non-hydrogen) atoms. The summed E-state index contributed by atoms with van der Waals surface area (Å²) in [5.41, 5.74) is 7.03. The second kappa shape index (κ2) is 6.76. The van der Waals surface area contributed by atoms with Gasteiger partial charge in [-0.05, 0) is 45.3 Å². The van der Waals surface area contributed by atoms with E-state index in [-0.39, 0.29) is 6.04 Å². The standard InChI is InChI=1S/C15H24N2O/c1-13(16)14-7-2-3-8-15(14)18-12-6-11-17-9-4-5-10-17/h2-3,7-8,13H,4-6,9-12,16H2,1H3. The van der Waals surface area contributed by atoms with Crippen molar-refractivity contribution in [3.8, 4) is 5.75 Å². The summed E-state index contributed by atoms with van der Waals surface area (Å²) in [4.78, 5) is 2.51. The highest BCUT2D eigenvalue weighted by Gasteiger charge is 2.11. The summed E-state index contributed by atoms with van der Waals surface area (Å²) < 4.78 is 5.85. The maximum Gasteiger partial charge on any atom is 0.124 e. The quantitative estimate of drug-likeness (QED) is 0.786. The zero-order chi connectivity index (χ0) is 12.8. The first kappa shape index (κ1) is 13.4. The Morgan fingerprint density at radius 2 is 2.00 bits per heavy atom. The van der Waals surface area contributed by atoms with Gasteiger partial charge in [0.1, 0.15) is 5.75 Å². The zero-order valence-corrected chi connectivity index (χ0v) is 11.3. The minimum atomic E-state index is 0.0276. The van der Waals surface area contributed by atoms with Crippen LogP contribution in [0, 0.1) is 0 Å². The Hall–Kier alpha value is -1.06. The maximum absolute atomic E-state index is 5.93. The number of nitrogens with two attached hydrogens (primary N) is 1. The van der Waals surface area contributed by atoms with E-state index in [1.54, 1.807) is 0 Å². The van der Waals surface area contributed by atoms with Crippen molar-refractivity contribution in [3.05, 3.63) is 29.8 Å². The Morgan fingerprint density at radius 1 is 1.28 bits per heavy atom. The predicted molar refractivity (Wildman–Crippen MR) is 74.8 cm³/mol. The summed E-state index contributed by atoms with van der Waals surface area (Å²) in [7, 11) is 0. The third kappa shape index (κ3) is 3.72. The number of likely N-dealkylation sites (tertiary alicyclic amines) is 1. The van der Waals surface area contributed by atoms with E-state index in [0.29, 0.717) is 0 Å². The molecule has 100 valence electrons. The van der Waals surface area contributed by atoms with Gasteiger partial charge in [0.2, 0.25) is 0 Å². The van der Waals surface area contributed by atoms with E-state index in [2.05, 4.69) is 4.90 Å². The number of para-hydroxylation sites is 1. The molecule has 0 aromatic heterocycles. The van der Waals surface area contributed by atoms with Crippen molar-refractivity contribution in [2.45, 2.75) is 32.2 Å². The number of benzene rings is 1. The number of nitrogens with zero attached hydrogens (tertiary/aromatic N) is 1. The summed E-state index contributed by atoms with van der Waals surface area (Å²) >= 11 is 0. The molecule has 0 bridgehead atoms. The average molecular weight is 248 g/mol. The molecule has 1 heterocycles. The normalized spacial score (nSPS) is 17.9. The maximum atomic E-state index is 5.93. The third-order valence-corrected chi connectivity index (χ3v) is 3.48. The monoisotopic (exact) mass is 248 g/mol. The summed E-state index contributed by atoms with van der Waals surface area (Å²) in [5.74, 6) is 0.939. The fourth-order valence-corrected chi connectivity index (χ4v) is 2.46. The van der Waals surface area contributed by atoms with E-state index in [9.17, 15) is 0 Å². The van der Waals surface area contributed by atoms with Crippen LogP contribution in [0.1, 0.15) is 37.8 Å². The first-order valence-corrected chi connectivity index (χ1v) is 6.97.